The fourth-order valence-electron chi connectivity index (χ4n) is 0.616. The molecule has 0 atom stereocenters. The lowest BCUT2D eigenvalue weighted by Crippen LogP contribution is -1.93. The van der Waals surface area contributed by atoms with Crippen LogP contribution in [0.2, 0.25) is 5.02 Å². The molecule has 0 heterocycles. The zero-order chi connectivity index (χ0) is 8.10. The highest BCUT2D eigenvalue weighted by molar-refractivity contribution is 6.32. The molecule has 0 aliphatic heterocycles. The van der Waals surface area contributed by atoms with Gasteiger partial charge in [-0.2, -0.15) is 5.26 Å². The molecule has 0 amide bonds. The molecule has 1 aromatic rings. The summed E-state index contributed by atoms with van der Waals surface area (Å²) in [6, 6.07) is 9.72. The Morgan fingerprint density at radius 2 is 2.55 bits per heavy atom. The Balaban J connectivity index is 2.71. The predicted molar refractivity (Wildman–Crippen MR) is 41.4 cm³/mol. The van der Waals surface area contributed by atoms with Crippen LogP contribution < -0.4 is 4.74 Å². The molecule has 0 bridgehead atoms. The summed E-state index contributed by atoms with van der Waals surface area (Å²) in [6.45, 7) is 0.000231. The molecule has 55 valence electrons. The maximum absolute atomic E-state index is 8.19. The summed E-state index contributed by atoms with van der Waals surface area (Å²) in [5.74, 6) is 0.427. The third-order valence-electron chi connectivity index (χ3n) is 1.05. The van der Waals surface area contributed by atoms with Gasteiger partial charge >= 0.3 is 0 Å². The molecule has 0 aliphatic carbocycles. The molecule has 0 unspecified atom stereocenters. The SMILES string of the molecule is N#CCOc1[c]cccc1Cl. The van der Waals surface area contributed by atoms with Crippen molar-refractivity contribution in [3.63, 3.8) is 0 Å². The Morgan fingerprint density at radius 3 is 3.18 bits per heavy atom. The van der Waals surface area contributed by atoms with E-state index >= 15 is 0 Å². The van der Waals surface area contributed by atoms with E-state index < -0.39 is 0 Å². The number of nitriles is 1. The first-order valence-electron chi connectivity index (χ1n) is 3.00. The van der Waals surface area contributed by atoms with Crippen molar-refractivity contribution in [2.75, 3.05) is 6.61 Å². The fourth-order valence-corrected chi connectivity index (χ4v) is 0.798. The Hall–Kier alpha value is -1.20. The zero-order valence-corrected chi connectivity index (χ0v) is 6.43. The summed E-state index contributed by atoms with van der Waals surface area (Å²) in [6.07, 6.45) is 0. The number of hydrogen-bond acceptors (Lipinski definition) is 2. The van der Waals surface area contributed by atoms with Gasteiger partial charge in [0.05, 0.1) is 5.02 Å². The van der Waals surface area contributed by atoms with Gasteiger partial charge in [0.2, 0.25) is 0 Å². The first-order valence-corrected chi connectivity index (χ1v) is 3.38. The van der Waals surface area contributed by atoms with Crippen LogP contribution in [0, 0.1) is 17.4 Å². The highest BCUT2D eigenvalue weighted by Crippen LogP contribution is 2.21. The molecule has 1 rings (SSSR count). The van der Waals surface area contributed by atoms with Crippen LogP contribution in [0.15, 0.2) is 18.2 Å². The minimum atomic E-state index is 0.000231. The molecule has 11 heavy (non-hydrogen) atoms. The van der Waals surface area contributed by atoms with Crippen molar-refractivity contribution >= 4 is 11.6 Å². The molecular formula is C8H5ClNO. The minimum Gasteiger partial charge on any atom is -0.477 e. The summed E-state index contributed by atoms with van der Waals surface area (Å²) in [4.78, 5) is 0. The second kappa shape index (κ2) is 3.85. The van der Waals surface area contributed by atoms with Crippen LogP contribution >= 0.6 is 11.6 Å². The second-order valence-corrected chi connectivity index (χ2v) is 2.20. The lowest BCUT2D eigenvalue weighted by molar-refractivity contribution is 0.367. The summed E-state index contributed by atoms with van der Waals surface area (Å²) in [7, 11) is 0. The predicted octanol–water partition coefficient (Wildman–Crippen LogP) is 2.04. The molecule has 2 nitrogen and oxygen atoms in total. The van der Waals surface area contributed by atoms with Gasteiger partial charge < -0.3 is 4.74 Å². The zero-order valence-electron chi connectivity index (χ0n) is 5.67. The van der Waals surface area contributed by atoms with Crippen LogP contribution in [0.3, 0.4) is 0 Å². The van der Waals surface area contributed by atoms with E-state index in [0.29, 0.717) is 10.8 Å². The van der Waals surface area contributed by atoms with Gasteiger partial charge in [-0.15, -0.1) is 0 Å². The lowest BCUT2D eigenvalue weighted by atomic mass is 10.3. The normalized spacial score (nSPS) is 8.73. The first kappa shape index (κ1) is 7.90. The number of ether oxygens (including phenoxy) is 1. The van der Waals surface area contributed by atoms with Crippen LogP contribution in [0.1, 0.15) is 0 Å². The van der Waals surface area contributed by atoms with Gasteiger partial charge in [0.1, 0.15) is 11.8 Å². The Morgan fingerprint density at radius 1 is 1.73 bits per heavy atom. The lowest BCUT2D eigenvalue weighted by Gasteiger charge is -2.00. The van der Waals surface area contributed by atoms with E-state index in [1.54, 1.807) is 18.2 Å². The highest BCUT2D eigenvalue weighted by atomic mass is 35.5. The number of nitrogens with zero attached hydrogens (tertiary/aromatic N) is 1. The molecule has 0 N–H and O–H groups in total. The number of para-hydroxylation sites is 1. The number of halogens is 1. The Bertz CT molecular complexity index is 280. The van der Waals surface area contributed by atoms with Crippen LogP contribution in [0.4, 0.5) is 0 Å². The quantitative estimate of drug-likeness (QED) is 0.674. The van der Waals surface area contributed by atoms with Crippen LogP contribution in [-0.4, -0.2) is 6.61 Å². The van der Waals surface area contributed by atoms with E-state index in [2.05, 4.69) is 6.07 Å². The summed E-state index contributed by atoms with van der Waals surface area (Å²) < 4.78 is 4.94. The molecule has 3 heteroatoms. The average molecular weight is 167 g/mol. The molecule has 1 radical (unpaired) electrons. The minimum absolute atomic E-state index is 0.000231. The van der Waals surface area contributed by atoms with Crippen LogP contribution in [-0.2, 0) is 0 Å². The number of hydrogen-bond donors (Lipinski definition) is 0. The van der Waals surface area contributed by atoms with Crippen molar-refractivity contribution in [3.8, 4) is 11.8 Å². The maximum atomic E-state index is 8.19. The summed E-state index contributed by atoms with van der Waals surface area (Å²) in [5, 5.41) is 8.66. The average Bonchev–Trinajstić information content (AvgIpc) is 2.03. The maximum Gasteiger partial charge on any atom is 0.174 e. The standard InChI is InChI=1S/C8H5ClNO/c9-7-3-1-2-4-8(7)11-6-5-10/h1-3H,6H2. The topological polar surface area (TPSA) is 33.0 Å². The summed E-state index contributed by atoms with van der Waals surface area (Å²) >= 11 is 5.69. The Kier molecular flexibility index (Phi) is 2.76. The molecule has 0 saturated carbocycles. The monoisotopic (exact) mass is 166 g/mol. The van der Waals surface area contributed by atoms with Crippen LogP contribution in [0.5, 0.6) is 5.75 Å². The molecular weight excluding hydrogens is 162 g/mol. The van der Waals surface area contributed by atoms with E-state index in [1.807, 2.05) is 6.07 Å². The van der Waals surface area contributed by atoms with Crippen LogP contribution in [0.25, 0.3) is 0 Å². The van der Waals surface area contributed by atoms with Crippen molar-refractivity contribution in [2.45, 2.75) is 0 Å². The largest absolute Gasteiger partial charge is 0.477 e. The third kappa shape index (κ3) is 2.14. The highest BCUT2D eigenvalue weighted by Gasteiger charge is 1.97. The van der Waals surface area contributed by atoms with E-state index in [4.69, 9.17) is 21.6 Å². The van der Waals surface area contributed by atoms with Crippen molar-refractivity contribution in [1.29, 1.82) is 5.26 Å². The third-order valence-corrected chi connectivity index (χ3v) is 1.35. The van der Waals surface area contributed by atoms with E-state index in [0.717, 1.165) is 0 Å². The molecule has 0 fully saturated rings. The van der Waals surface area contributed by atoms with Crippen molar-refractivity contribution in [1.82, 2.24) is 0 Å². The van der Waals surface area contributed by atoms with Gasteiger partial charge in [-0.3, -0.25) is 0 Å². The molecule has 0 spiro atoms. The summed E-state index contributed by atoms with van der Waals surface area (Å²) in [5.41, 5.74) is 0. The number of benzene rings is 1. The van der Waals surface area contributed by atoms with Gasteiger partial charge in [0.15, 0.2) is 6.61 Å². The van der Waals surface area contributed by atoms with Gasteiger partial charge in [0.25, 0.3) is 0 Å². The van der Waals surface area contributed by atoms with Crippen molar-refractivity contribution in [3.05, 3.63) is 29.3 Å². The molecule has 0 saturated heterocycles. The van der Waals surface area contributed by atoms with Gasteiger partial charge in [-0.1, -0.05) is 23.7 Å². The molecule has 0 aliphatic rings. The Labute approximate surface area is 70.0 Å². The van der Waals surface area contributed by atoms with E-state index in [9.17, 15) is 0 Å². The van der Waals surface area contributed by atoms with Crippen molar-refractivity contribution in [2.24, 2.45) is 0 Å². The smallest absolute Gasteiger partial charge is 0.174 e. The molecule has 1 aromatic carbocycles. The fraction of sp³-hybridized carbons (Fsp3) is 0.125. The molecule has 0 aromatic heterocycles. The van der Waals surface area contributed by atoms with E-state index in [1.165, 1.54) is 0 Å². The number of rotatable bonds is 2. The van der Waals surface area contributed by atoms with Gasteiger partial charge in [-0.25, -0.2) is 0 Å². The van der Waals surface area contributed by atoms with Gasteiger partial charge in [-0.05, 0) is 6.07 Å². The van der Waals surface area contributed by atoms with Gasteiger partial charge in [0, 0.05) is 6.07 Å². The van der Waals surface area contributed by atoms with E-state index in [-0.39, 0.29) is 6.61 Å². The van der Waals surface area contributed by atoms with Crippen molar-refractivity contribution < 1.29 is 4.74 Å². The first-order chi connectivity index (χ1) is 5.34. The second-order valence-electron chi connectivity index (χ2n) is 1.79.